The summed E-state index contributed by atoms with van der Waals surface area (Å²) in [5.41, 5.74) is 3.95. The predicted molar refractivity (Wildman–Crippen MR) is 110 cm³/mol. The second-order valence-corrected chi connectivity index (χ2v) is 8.91. The number of carbonyl (C=O) groups is 1. The van der Waals surface area contributed by atoms with Crippen LogP contribution in [0.25, 0.3) is 10.9 Å². The molecule has 28 heavy (non-hydrogen) atoms. The fourth-order valence-corrected chi connectivity index (χ4v) is 4.98. The Bertz CT molecular complexity index is 1160. The van der Waals surface area contributed by atoms with E-state index in [9.17, 15) is 13.2 Å². The zero-order valence-electron chi connectivity index (χ0n) is 16.0. The first-order chi connectivity index (χ1) is 13.4. The van der Waals surface area contributed by atoms with E-state index < -0.39 is 10.0 Å². The van der Waals surface area contributed by atoms with Gasteiger partial charge in [0.15, 0.2) is 0 Å². The number of hydrogen-bond acceptors (Lipinski definition) is 3. The van der Waals surface area contributed by atoms with Gasteiger partial charge in [-0.3, -0.25) is 4.79 Å². The molecular formula is C21H23N3O3S. The summed E-state index contributed by atoms with van der Waals surface area (Å²) in [6, 6.07) is 13.1. The minimum Gasteiger partial charge on any atom is -0.350 e. The normalized spacial score (nSPS) is 13.9. The molecule has 3 aromatic rings. The Morgan fingerprint density at radius 2 is 1.96 bits per heavy atom. The van der Waals surface area contributed by atoms with Crippen LogP contribution in [0.15, 0.2) is 53.6 Å². The number of fused-ring (bicyclic) bond motifs is 2. The average Bonchev–Trinajstić information content (AvgIpc) is 3.23. The molecule has 4 rings (SSSR count). The van der Waals surface area contributed by atoms with Gasteiger partial charge in [-0.05, 0) is 48.2 Å². The lowest BCUT2D eigenvalue weighted by molar-refractivity contribution is -0.116. The van der Waals surface area contributed by atoms with Crippen molar-refractivity contribution in [1.82, 2.24) is 9.29 Å². The van der Waals surface area contributed by atoms with E-state index in [2.05, 4.69) is 21.4 Å². The van der Waals surface area contributed by atoms with Gasteiger partial charge < -0.3 is 9.47 Å². The van der Waals surface area contributed by atoms with Crippen LogP contribution in [0, 0.1) is 0 Å². The summed E-state index contributed by atoms with van der Waals surface area (Å²) in [5.74, 6) is -0.0254. The number of amides is 1. The summed E-state index contributed by atoms with van der Waals surface area (Å²) in [5, 5.41) is 1.14. The number of rotatable bonds is 5. The van der Waals surface area contributed by atoms with Gasteiger partial charge in [-0.2, -0.15) is 0 Å². The van der Waals surface area contributed by atoms with E-state index in [1.54, 1.807) is 23.1 Å². The van der Waals surface area contributed by atoms with Gasteiger partial charge in [0.2, 0.25) is 15.9 Å². The van der Waals surface area contributed by atoms with Gasteiger partial charge in [-0.15, -0.1) is 0 Å². The standard InChI is InChI=1S/C21H23N3O3S/c1-15(25)24-12-10-16-13-18(7-8-20(16)24)28(26,27)22-11-9-17-14-23(2)21-6-4-3-5-19(17)21/h3-8,13-14,22H,9-12H2,1-2H3. The summed E-state index contributed by atoms with van der Waals surface area (Å²) >= 11 is 0. The summed E-state index contributed by atoms with van der Waals surface area (Å²) in [6.45, 7) is 2.45. The van der Waals surface area contributed by atoms with Crippen molar-refractivity contribution in [3.8, 4) is 0 Å². The first-order valence-electron chi connectivity index (χ1n) is 9.30. The third kappa shape index (κ3) is 3.31. The lowest BCUT2D eigenvalue weighted by Crippen LogP contribution is -2.26. The highest BCUT2D eigenvalue weighted by molar-refractivity contribution is 7.89. The van der Waals surface area contributed by atoms with E-state index in [1.165, 1.54) is 6.92 Å². The van der Waals surface area contributed by atoms with E-state index in [0.717, 1.165) is 27.7 Å². The topological polar surface area (TPSA) is 71.4 Å². The number of aryl methyl sites for hydroxylation is 1. The van der Waals surface area contributed by atoms with E-state index in [-0.39, 0.29) is 10.8 Å². The highest BCUT2D eigenvalue weighted by atomic mass is 32.2. The number of carbonyl (C=O) groups excluding carboxylic acids is 1. The smallest absolute Gasteiger partial charge is 0.240 e. The van der Waals surface area contributed by atoms with Crippen molar-refractivity contribution < 1.29 is 13.2 Å². The maximum absolute atomic E-state index is 12.7. The number of sulfonamides is 1. The van der Waals surface area contributed by atoms with Crippen LogP contribution in [-0.4, -0.2) is 32.0 Å². The maximum atomic E-state index is 12.7. The fourth-order valence-electron chi connectivity index (χ4n) is 3.90. The summed E-state index contributed by atoms with van der Waals surface area (Å²) < 4.78 is 30.2. The Balaban J connectivity index is 1.48. The van der Waals surface area contributed by atoms with E-state index in [4.69, 9.17) is 0 Å². The number of para-hydroxylation sites is 1. The first-order valence-corrected chi connectivity index (χ1v) is 10.8. The molecule has 146 valence electrons. The third-order valence-electron chi connectivity index (χ3n) is 5.30. The summed E-state index contributed by atoms with van der Waals surface area (Å²) in [6.07, 6.45) is 3.34. The molecule has 2 aromatic carbocycles. The van der Waals surface area contributed by atoms with Crippen molar-refractivity contribution >= 4 is 32.5 Å². The lowest BCUT2D eigenvalue weighted by atomic mass is 10.1. The zero-order valence-corrected chi connectivity index (χ0v) is 16.8. The quantitative estimate of drug-likeness (QED) is 0.719. The largest absolute Gasteiger partial charge is 0.350 e. The molecule has 2 heterocycles. The predicted octanol–water partition coefficient (Wildman–Crippen LogP) is 2.61. The van der Waals surface area contributed by atoms with Crippen molar-refractivity contribution in [1.29, 1.82) is 0 Å². The number of aromatic nitrogens is 1. The summed E-state index contributed by atoms with van der Waals surface area (Å²) in [4.78, 5) is 13.6. The molecule has 1 aromatic heterocycles. The van der Waals surface area contributed by atoms with Crippen LogP contribution in [0.4, 0.5) is 5.69 Å². The zero-order chi connectivity index (χ0) is 19.9. The monoisotopic (exact) mass is 397 g/mol. The molecular weight excluding hydrogens is 374 g/mol. The molecule has 6 nitrogen and oxygen atoms in total. The van der Waals surface area contributed by atoms with Gasteiger partial charge in [-0.25, -0.2) is 13.1 Å². The Hall–Kier alpha value is -2.64. The van der Waals surface area contributed by atoms with Crippen molar-refractivity contribution in [2.75, 3.05) is 18.0 Å². The lowest BCUT2D eigenvalue weighted by Gasteiger charge is -2.15. The van der Waals surface area contributed by atoms with Gasteiger partial charge in [0.05, 0.1) is 4.90 Å². The van der Waals surface area contributed by atoms with Crippen LogP contribution < -0.4 is 9.62 Å². The highest BCUT2D eigenvalue weighted by Gasteiger charge is 2.24. The van der Waals surface area contributed by atoms with Crippen molar-refractivity contribution in [3.05, 3.63) is 59.8 Å². The van der Waals surface area contributed by atoms with Crippen LogP contribution in [-0.2, 0) is 34.7 Å². The second-order valence-electron chi connectivity index (χ2n) is 7.14. The molecule has 0 saturated carbocycles. The Morgan fingerprint density at radius 3 is 2.75 bits per heavy atom. The van der Waals surface area contributed by atoms with Gasteiger partial charge in [-0.1, -0.05) is 18.2 Å². The molecule has 0 spiro atoms. The molecule has 0 fully saturated rings. The van der Waals surface area contributed by atoms with Crippen molar-refractivity contribution in [2.24, 2.45) is 7.05 Å². The van der Waals surface area contributed by atoms with Gasteiger partial charge in [0, 0.05) is 49.8 Å². The number of hydrogen-bond donors (Lipinski definition) is 1. The van der Waals surface area contributed by atoms with E-state index in [1.807, 2.05) is 25.4 Å². The second kappa shape index (κ2) is 7.07. The highest BCUT2D eigenvalue weighted by Crippen LogP contribution is 2.30. The molecule has 0 unspecified atom stereocenters. The molecule has 0 radical (unpaired) electrons. The van der Waals surface area contributed by atoms with Crippen LogP contribution in [0.1, 0.15) is 18.1 Å². The minimum atomic E-state index is -3.60. The van der Waals surface area contributed by atoms with E-state index >= 15 is 0 Å². The van der Waals surface area contributed by atoms with Crippen LogP contribution in [0.5, 0.6) is 0 Å². The van der Waals surface area contributed by atoms with Gasteiger partial charge >= 0.3 is 0 Å². The fraction of sp³-hybridized carbons (Fsp3) is 0.286. The van der Waals surface area contributed by atoms with Gasteiger partial charge in [0.1, 0.15) is 0 Å². The molecule has 1 amide bonds. The SMILES string of the molecule is CC(=O)N1CCc2cc(S(=O)(=O)NCCc3cn(C)c4ccccc34)ccc21. The van der Waals surface area contributed by atoms with Crippen molar-refractivity contribution in [3.63, 3.8) is 0 Å². The van der Waals surface area contributed by atoms with E-state index in [0.29, 0.717) is 25.9 Å². The number of anilines is 1. The number of benzene rings is 2. The van der Waals surface area contributed by atoms with Crippen LogP contribution in [0.2, 0.25) is 0 Å². The Labute approximate surface area is 164 Å². The average molecular weight is 398 g/mol. The Kier molecular flexibility index (Phi) is 4.72. The number of nitrogens with one attached hydrogen (secondary N) is 1. The van der Waals surface area contributed by atoms with Gasteiger partial charge in [0.25, 0.3) is 0 Å². The molecule has 7 heteroatoms. The molecule has 1 N–H and O–H groups in total. The third-order valence-corrected chi connectivity index (χ3v) is 6.76. The van der Waals surface area contributed by atoms with Crippen molar-refractivity contribution in [2.45, 2.75) is 24.7 Å². The molecule has 0 aliphatic carbocycles. The molecule has 0 bridgehead atoms. The molecule has 1 aliphatic rings. The summed E-state index contributed by atoms with van der Waals surface area (Å²) in [7, 11) is -1.61. The first kappa shape index (κ1) is 18.7. The Morgan fingerprint density at radius 1 is 1.18 bits per heavy atom. The minimum absolute atomic E-state index is 0.0254. The molecule has 1 aliphatic heterocycles. The molecule has 0 saturated heterocycles. The van der Waals surface area contributed by atoms with Crippen LogP contribution >= 0.6 is 0 Å². The molecule has 0 atom stereocenters. The number of nitrogens with zero attached hydrogens (tertiary/aromatic N) is 2. The maximum Gasteiger partial charge on any atom is 0.240 e. The van der Waals surface area contributed by atoms with Crippen LogP contribution in [0.3, 0.4) is 0 Å².